The van der Waals surface area contributed by atoms with Gasteiger partial charge in [-0.1, -0.05) is 0 Å². The normalized spacial score (nSPS) is 44.6. The molecule has 2 saturated heterocycles. The van der Waals surface area contributed by atoms with Crippen LogP contribution >= 0.6 is 0 Å². The Morgan fingerprint density at radius 1 is 0.944 bits per heavy atom. The van der Waals surface area contributed by atoms with E-state index in [1.165, 1.54) is 6.08 Å². The highest BCUT2D eigenvalue weighted by Crippen LogP contribution is 2.40. The Balaban J connectivity index is 1.94. The van der Waals surface area contributed by atoms with Crippen molar-refractivity contribution in [2.75, 3.05) is 0 Å². The second-order valence-corrected chi connectivity index (χ2v) is 5.85. The van der Waals surface area contributed by atoms with Gasteiger partial charge in [-0.3, -0.25) is 4.79 Å². The monoisotopic (exact) mass is 254 g/mol. The maximum absolute atomic E-state index is 12.0. The Bertz CT molecular complexity index is 412. The van der Waals surface area contributed by atoms with Gasteiger partial charge in [0.2, 0.25) is 0 Å². The van der Waals surface area contributed by atoms with Crippen LogP contribution in [0.3, 0.4) is 0 Å². The summed E-state index contributed by atoms with van der Waals surface area (Å²) in [7, 11) is 0. The van der Waals surface area contributed by atoms with Crippen molar-refractivity contribution in [3.8, 4) is 0 Å². The predicted octanol–water partition coefficient (Wildman–Crippen LogP) is 1.17. The Morgan fingerprint density at radius 3 is 2.28 bits per heavy atom. The van der Waals surface area contributed by atoms with Gasteiger partial charge in [-0.15, -0.1) is 0 Å². The molecule has 0 aromatic carbocycles. The number of fused-ring (bicyclic) bond motifs is 3. The van der Waals surface area contributed by atoms with Crippen LogP contribution in [0.2, 0.25) is 0 Å². The van der Waals surface area contributed by atoms with E-state index in [0.29, 0.717) is 0 Å². The van der Waals surface area contributed by atoms with Gasteiger partial charge in [0.05, 0.1) is 0 Å². The molecule has 100 valence electrons. The third kappa shape index (κ3) is 1.91. The van der Waals surface area contributed by atoms with Gasteiger partial charge in [0.1, 0.15) is 18.3 Å². The van der Waals surface area contributed by atoms with E-state index in [2.05, 4.69) is 0 Å². The molecule has 4 atom stereocenters. The molecule has 0 aromatic rings. The first-order valence-corrected chi connectivity index (χ1v) is 6.21. The molecule has 0 amide bonds. The molecule has 0 saturated carbocycles. The van der Waals surface area contributed by atoms with E-state index in [1.807, 2.05) is 13.8 Å². The summed E-state index contributed by atoms with van der Waals surface area (Å²) in [5.74, 6) is -1.53. The number of carbonyl (C=O) groups excluding carboxylic acids is 1. The molecular weight excluding hydrogens is 236 g/mol. The largest absolute Gasteiger partial charge is 0.341 e. The molecule has 5 nitrogen and oxygen atoms in total. The van der Waals surface area contributed by atoms with Crippen LogP contribution in [-0.2, 0) is 23.7 Å². The van der Waals surface area contributed by atoms with E-state index in [4.69, 9.17) is 18.9 Å². The summed E-state index contributed by atoms with van der Waals surface area (Å²) in [6.45, 7) is 7.31. The fraction of sp³-hybridized carbons (Fsp3) is 0.769. The standard InChI is InChI=1S/C13H18O5/c1-12(2)15-8-6-5-7(14)9-11(10(8)17-12)18-13(3,4)16-9/h5-6,8-11H,1-4H3/t8-,9+,10-,11-/m0/s1. The summed E-state index contributed by atoms with van der Waals surface area (Å²) in [6.07, 6.45) is 1.64. The topological polar surface area (TPSA) is 54.0 Å². The van der Waals surface area contributed by atoms with Crippen molar-refractivity contribution in [1.82, 2.24) is 0 Å². The summed E-state index contributed by atoms with van der Waals surface area (Å²) < 4.78 is 23.1. The second kappa shape index (κ2) is 3.63. The Hall–Kier alpha value is -0.750. The van der Waals surface area contributed by atoms with Crippen LogP contribution < -0.4 is 0 Å². The summed E-state index contributed by atoms with van der Waals surface area (Å²) >= 11 is 0. The van der Waals surface area contributed by atoms with Crippen LogP contribution in [0.4, 0.5) is 0 Å². The molecule has 0 spiro atoms. The Morgan fingerprint density at radius 2 is 1.56 bits per heavy atom. The summed E-state index contributed by atoms with van der Waals surface area (Å²) in [5, 5.41) is 0. The molecule has 3 rings (SSSR count). The molecule has 5 heteroatoms. The zero-order valence-electron chi connectivity index (χ0n) is 11.0. The van der Waals surface area contributed by atoms with Gasteiger partial charge in [0.15, 0.2) is 23.5 Å². The molecule has 0 aromatic heterocycles. The van der Waals surface area contributed by atoms with Gasteiger partial charge < -0.3 is 18.9 Å². The molecule has 1 aliphatic carbocycles. The third-order valence-corrected chi connectivity index (χ3v) is 3.35. The summed E-state index contributed by atoms with van der Waals surface area (Å²) in [5.41, 5.74) is 0. The summed E-state index contributed by atoms with van der Waals surface area (Å²) in [6, 6.07) is 0. The molecule has 3 aliphatic rings. The average Bonchev–Trinajstić information content (AvgIpc) is 2.68. The number of carbonyl (C=O) groups is 1. The van der Waals surface area contributed by atoms with E-state index in [-0.39, 0.29) is 18.0 Å². The fourth-order valence-electron chi connectivity index (χ4n) is 2.75. The maximum Gasteiger partial charge on any atom is 0.187 e. The highest BCUT2D eigenvalue weighted by Gasteiger charge is 2.56. The van der Waals surface area contributed by atoms with Crippen molar-refractivity contribution >= 4 is 5.78 Å². The van der Waals surface area contributed by atoms with Crippen molar-refractivity contribution in [3.05, 3.63) is 12.2 Å². The predicted molar refractivity (Wildman–Crippen MR) is 61.8 cm³/mol. The van der Waals surface area contributed by atoms with Gasteiger partial charge in [-0.2, -0.15) is 0 Å². The first-order valence-electron chi connectivity index (χ1n) is 6.21. The SMILES string of the molecule is CC1(C)O[C@@H]2[C@H]3OC(C)(C)O[C@@H]3C(=O)C=C[C@@H]2O1. The molecule has 0 unspecified atom stereocenters. The van der Waals surface area contributed by atoms with Crippen LogP contribution in [0.25, 0.3) is 0 Å². The molecule has 0 N–H and O–H groups in total. The number of hydrogen-bond donors (Lipinski definition) is 0. The van der Waals surface area contributed by atoms with Crippen LogP contribution in [0.5, 0.6) is 0 Å². The Kier molecular flexibility index (Phi) is 2.48. The van der Waals surface area contributed by atoms with Crippen LogP contribution in [0.1, 0.15) is 27.7 Å². The lowest BCUT2D eigenvalue weighted by molar-refractivity contribution is -0.175. The minimum atomic E-state index is -0.767. The summed E-state index contributed by atoms with van der Waals surface area (Å²) in [4.78, 5) is 12.0. The van der Waals surface area contributed by atoms with Crippen molar-refractivity contribution in [1.29, 1.82) is 0 Å². The number of hydrogen-bond acceptors (Lipinski definition) is 5. The molecular formula is C13H18O5. The smallest absolute Gasteiger partial charge is 0.187 e. The zero-order chi connectivity index (χ0) is 13.1. The van der Waals surface area contributed by atoms with E-state index in [0.717, 1.165) is 0 Å². The molecule has 18 heavy (non-hydrogen) atoms. The first kappa shape index (κ1) is 12.3. The molecule has 0 radical (unpaired) electrons. The zero-order valence-corrected chi connectivity index (χ0v) is 11.0. The van der Waals surface area contributed by atoms with E-state index in [9.17, 15) is 4.79 Å². The minimum Gasteiger partial charge on any atom is -0.341 e. The molecule has 2 fully saturated rings. The number of ketones is 1. The average molecular weight is 254 g/mol. The minimum absolute atomic E-state index is 0.0926. The van der Waals surface area contributed by atoms with Crippen LogP contribution in [-0.4, -0.2) is 41.8 Å². The lowest BCUT2D eigenvalue weighted by Gasteiger charge is -2.23. The van der Waals surface area contributed by atoms with Crippen molar-refractivity contribution < 1.29 is 23.7 Å². The molecule has 2 heterocycles. The highest BCUT2D eigenvalue weighted by molar-refractivity contribution is 5.94. The van der Waals surface area contributed by atoms with Crippen molar-refractivity contribution in [3.63, 3.8) is 0 Å². The van der Waals surface area contributed by atoms with E-state index in [1.54, 1.807) is 19.9 Å². The molecule has 0 bridgehead atoms. The lowest BCUT2D eigenvalue weighted by atomic mass is 10.0. The quantitative estimate of drug-likeness (QED) is 0.649. The van der Waals surface area contributed by atoms with Gasteiger partial charge >= 0.3 is 0 Å². The Labute approximate surface area is 106 Å². The molecule has 2 aliphatic heterocycles. The van der Waals surface area contributed by atoms with Crippen molar-refractivity contribution in [2.24, 2.45) is 0 Å². The van der Waals surface area contributed by atoms with E-state index >= 15 is 0 Å². The van der Waals surface area contributed by atoms with Gasteiger partial charge in [0.25, 0.3) is 0 Å². The second-order valence-electron chi connectivity index (χ2n) is 5.85. The first-order chi connectivity index (χ1) is 8.27. The highest BCUT2D eigenvalue weighted by atomic mass is 16.8. The van der Waals surface area contributed by atoms with Crippen molar-refractivity contribution in [2.45, 2.75) is 63.7 Å². The van der Waals surface area contributed by atoms with Gasteiger partial charge in [-0.05, 0) is 39.8 Å². The fourth-order valence-corrected chi connectivity index (χ4v) is 2.75. The van der Waals surface area contributed by atoms with Crippen LogP contribution in [0.15, 0.2) is 12.2 Å². The van der Waals surface area contributed by atoms with Gasteiger partial charge in [0, 0.05) is 0 Å². The number of ether oxygens (including phenoxy) is 4. The van der Waals surface area contributed by atoms with E-state index < -0.39 is 23.8 Å². The van der Waals surface area contributed by atoms with Gasteiger partial charge in [-0.25, -0.2) is 0 Å². The number of rotatable bonds is 0. The van der Waals surface area contributed by atoms with Crippen LogP contribution in [0, 0.1) is 0 Å². The lowest BCUT2D eigenvalue weighted by Crippen LogP contribution is -2.42. The maximum atomic E-state index is 12.0. The third-order valence-electron chi connectivity index (χ3n) is 3.35.